The lowest BCUT2D eigenvalue weighted by Crippen LogP contribution is -2.43. The van der Waals surface area contributed by atoms with Crippen molar-refractivity contribution in [1.82, 2.24) is 15.1 Å². The molecule has 0 aromatic carbocycles. The van der Waals surface area contributed by atoms with Gasteiger partial charge < -0.3 is 15.5 Å². The van der Waals surface area contributed by atoms with Crippen LogP contribution in [0.5, 0.6) is 0 Å². The van der Waals surface area contributed by atoms with Crippen molar-refractivity contribution < 1.29 is 19.8 Å². The summed E-state index contributed by atoms with van der Waals surface area (Å²) in [5.41, 5.74) is 0.231. The quantitative estimate of drug-likeness (QED) is 0.570. The minimum Gasteiger partial charge on any atom is -0.480 e. The molecule has 0 unspecified atom stereocenters. The third kappa shape index (κ3) is 2.53. The van der Waals surface area contributed by atoms with Crippen molar-refractivity contribution in [3.63, 3.8) is 0 Å². The van der Waals surface area contributed by atoms with Crippen molar-refractivity contribution in [3.05, 3.63) is 18.0 Å². The number of nitrogens with zero attached hydrogens (tertiary/aromatic N) is 2. The van der Waals surface area contributed by atoms with Crippen LogP contribution in [0.2, 0.25) is 0 Å². The first-order valence-electron chi connectivity index (χ1n) is 4.18. The highest BCUT2D eigenvalue weighted by atomic mass is 16.4. The lowest BCUT2D eigenvalue weighted by atomic mass is 10.3. The SMILES string of the molecule is Cn1nccc1C(=O)N[C@@H](CO)C(=O)O. The van der Waals surface area contributed by atoms with Gasteiger partial charge in [0.2, 0.25) is 0 Å². The number of aliphatic hydroxyl groups is 1. The van der Waals surface area contributed by atoms with Gasteiger partial charge in [0.05, 0.1) is 6.61 Å². The summed E-state index contributed by atoms with van der Waals surface area (Å²) >= 11 is 0. The second-order valence-corrected chi connectivity index (χ2v) is 2.89. The lowest BCUT2D eigenvalue weighted by Gasteiger charge is -2.11. The minimum atomic E-state index is -1.30. The Morgan fingerprint density at radius 1 is 1.67 bits per heavy atom. The first-order valence-corrected chi connectivity index (χ1v) is 4.18. The van der Waals surface area contributed by atoms with E-state index in [9.17, 15) is 9.59 Å². The molecule has 1 heterocycles. The molecular formula is C8H11N3O4. The number of nitrogens with one attached hydrogen (secondary N) is 1. The van der Waals surface area contributed by atoms with E-state index in [0.717, 1.165) is 0 Å². The van der Waals surface area contributed by atoms with Crippen molar-refractivity contribution in [3.8, 4) is 0 Å². The number of aliphatic hydroxyl groups excluding tert-OH is 1. The molecule has 1 atom stereocenters. The van der Waals surface area contributed by atoms with Crippen LogP contribution < -0.4 is 5.32 Å². The Morgan fingerprint density at radius 2 is 2.33 bits per heavy atom. The summed E-state index contributed by atoms with van der Waals surface area (Å²) in [6.45, 7) is -0.654. The predicted molar refractivity (Wildman–Crippen MR) is 49.2 cm³/mol. The zero-order valence-electron chi connectivity index (χ0n) is 8.04. The number of aliphatic carboxylic acids is 1. The molecule has 0 spiro atoms. The molecule has 0 fully saturated rings. The molecule has 0 saturated carbocycles. The van der Waals surface area contributed by atoms with Crippen LogP contribution in [-0.4, -0.2) is 44.5 Å². The number of aryl methyl sites for hydroxylation is 1. The first kappa shape index (κ1) is 11.2. The molecule has 0 aliphatic rings. The summed E-state index contributed by atoms with van der Waals surface area (Å²) in [6.07, 6.45) is 1.42. The minimum absolute atomic E-state index is 0.231. The average molecular weight is 213 g/mol. The number of carboxylic acid groups (broad SMARTS) is 1. The number of hydrogen-bond donors (Lipinski definition) is 3. The van der Waals surface area contributed by atoms with E-state index in [2.05, 4.69) is 10.4 Å². The molecule has 3 N–H and O–H groups in total. The van der Waals surface area contributed by atoms with Gasteiger partial charge >= 0.3 is 5.97 Å². The highest BCUT2D eigenvalue weighted by Gasteiger charge is 2.20. The molecular weight excluding hydrogens is 202 g/mol. The van der Waals surface area contributed by atoms with Crippen LogP contribution in [0.3, 0.4) is 0 Å². The summed E-state index contributed by atoms with van der Waals surface area (Å²) in [5, 5.41) is 23.2. The Balaban J connectivity index is 2.71. The molecule has 0 saturated heterocycles. The standard InChI is InChI=1S/C8H11N3O4/c1-11-6(2-3-9-11)7(13)10-5(4-12)8(14)15/h2-3,5,12H,4H2,1H3,(H,10,13)(H,14,15)/t5-/m0/s1. The topological polar surface area (TPSA) is 104 Å². The summed E-state index contributed by atoms with van der Waals surface area (Å²) in [6, 6.07) is 0.151. The fourth-order valence-electron chi connectivity index (χ4n) is 1.01. The number of carboxylic acids is 1. The van der Waals surface area contributed by atoms with Crippen LogP contribution >= 0.6 is 0 Å². The van der Waals surface area contributed by atoms with Crippen molar-refractivity contribution in [2.75, 3.05) is 6.61 Å². The van der Waals surface area contributed by atoms with E-state index in [0.29, 0.717) is 0 Å². The van der Waals surface area contributed by atoms with E-state index >= 15 is 0 Å². The van der Waals surface area contributed by atoms with Crippen LogP contribution in [0.25, 0.3) is 0 Å². The third-order valence-electron chi connectivity index (χ3n) is 1.84. The summed E-state index contributed by atoms with van der Waals surface area (Å²) in [7, 11) is 1.56. The van der Waals surface area contributed by atoms with E-state index in [1.807, 2.05) is 0 Å². The Labute approximate surface area is 85.3 Å². The van der Waals surface area contributed by atoms with Gasteiger partial charge in [-0.25, -0.2) is 4.79 Å². The number of hydrogen-bond acceptors (Lipinski definition) is 4. The lowest BCUT2D eigenvalue weighted by molar-refractivity contribution is -0.140. The number of aromatic nitrogens is 2. The summed E-state index contributed by atoms with van der Waals surface area (Å²) in [4.78, 5) is 22.0. The van der Waals surface area contributed by atoms with Gasteiger partial charge in [0, 0.05) is 13.2 Å². The average Bonchev–Trinajstić information content (AvgIpc) is 2.60. The second kappa shape index (κ2) is 4.56. The van der Waals surface area contributed by atoms with E-state index in [1.165, 1.54) is 16.9 Å². The fraction of sp³-hybridized carbons (Fsp3) is 0.375. The van der Waals surface area contributed by atoms with Crippen LogP contribution in [-0.2, 0) is 11.8 Å². The van der Waals surface area contributed by atoms with Gasteiger partial charge in [0.1, 0.15) is 5.69 Å². The summed E-state index contributed by atoms with van der Waals surface area (Å²) < 4.78 is 1.31. The maximum Gasteiger partial charge on any atom is 0.328 e. The number of amides is 1. The van der Waals surface area contributed by atoms with Crippen molar-refractivity contribution in [2.45, 2.75) is 6.04 Å². The second-order valence-electron chi connectivity index (χ2n) is 2.89. The van der Waals surface area contributed by atoms with Crippen molar-refractivity contribution >= 4 is 11.9 Å². The number of rotatable bonds is 4. The van der Waals surface area contributed by atoms with E-state index in [4.69, 9.17) is 10.2 Å². The predicted octanol–water partition coefficient (Wildman–Crippen LogP) is -1.40. The van der Waals surface area contributed by atoms with Gasteiger partial charge in [0.15, 0.2) is 6.04 Å². The monoisotopic (exact) mass is 213 g/mol. The van der Waals surface area contributed by atoms with Gasteiger partial charge in [-0.05, 0) is 6.07 Å². The zero-order valence-corrected chi connectivity index (χ0v) is 8.04. The Hall–Kier alpha value is -1.89. The molecule has 0 bridgehead atoms. The molecule has 7 nitrogen and oxygen atoms in total. The molecule has 7 heteroatoms. The molecule has 1 amide bonds. The highest BCUT2D eigenvalue weighted by Crippen LogP contribution is 1.96. The smallest absolute Gasteiger partial charge is 0.328 e. The largest absolute Gasteiger partial charge is 0.480 e. The van der Waals surface area contributed by atoms with Gasteiger partial charge in [-0.15, -0.1) is 0 Å². The van der Waals surface area contributed by atoms with Crippen molar-refractivity contribution in [2.24, 2.45) is 7.05 Å². The molecule has 1 aromatic heterocycles. The van der Waals surface area contributed by atoms with Gasteiger partial charge in [-0.3, -0.25) is 9.48 Å². The van der Waals surface area contributed by atoms with E-state index in [-0.39, 0.29) is 5.69 Å². The van der Waals surface area contributed by atoms with Crippen LogP contribution in [0.1, 0.15) is 10.5 Å². The number of carbonyl (C=O) groups is 2. The fourth-order valence-corrected chi connectivity index (χ4v) is 1.01. The molecule has 0 aliphatic carbocycles. The highest BCUT2D eigenvalue weighted by molar-refractivity contribution is 5.95. The molecule has 15 heavy (non-hydrogen) atoms. The normalized spacial score (nSPS) is 12.1. The Bertz CT molecular complexity index is 374. The van der Waals surface area contributed by atoms with Crippen LogP contribution in [0.15, 0.2) is 12.3 Å². The molecule has 1 aromatic rings. The zero-order chi connectivity index (χ0) is 11.4. The van der Waals surface area contributed by atoms with Crippen LogP contribution in [0, 0.1) is 0 Å². The summed E-state index contributed by atoms with van der Waals surface area (Å²) in [5.74, 6) is -1.87. The van der Waals surface area contributed by atoms with Gasteiger partial charge in [-0.2, -0.15) is 5.10 Å². The third-order valence-corrected chi connectivity index (χ3v) is 1.84. The maximum absolute atomic E-state index is 11.5. The molecule has 0 radical (unpaired) electrons. The van der Waals surface area contributed by atoms with E-state index in [1.54, 1.807) is 7.05 Å². The van der Waals surface area contributed by atoms with Crippen molar-refractivity contribution in [1.29, 1.82) is 0 Å². The van der Waals surface area contributed by atoms with Gasteiger partial charge in [0.25, 0.3) is 5.91 Å². The molecule has 82 valence electrons. The van der Waals surface area contributed by atoms with E-state index < -0.39 is 24.5 Å². The molecule has 1 rings (SSSR count). The molecule has 0 aliphatic heterocycles. The Kier molecular flexibility index (Phi) is 3.40. The Morgan fingerprint density at radius 3 is 2.73 bits per heavy atom. The maximum atomic E-state index is 11.5. The number of carbonyl (C=O) groups excluding carboxylic acids is 1. The first-order chi connectivity index (χ1) is 7.06. The van der Waals surface area contributed by atoms with Crippen LogP contribution in [0.4, 0.5) is 0 Å². The van der Waals surface area contributed by atoms with Gasteiger partial charge in [-0.1, -0.05) is 0 Å².